The molecule has 4 rings (SSSR count). The number of cyclic esters (lactones) is 1. The number of aromatic amines is 1. The molecular weight excluding hydrogens is 445 g/mol. The molecule has 1 aliphatic heterocycles. The molecule has 1 saturated heterocycles. The summed E-state index contributed by atoms with van der Waals surface area (Å²) >= 11 is 0. The summed E-state index contributed by atoms with van der Waals surface area (Å²) in [4.78, 5) is 36.2. The number of benzene rings is 2. The third kappa shape index (κ3) is 5.00. The van der Waals surface area contributed by atoms with Crippen molar-refractivity contribution >= 4 is 23.6 Å². The summed E-state index contributed by atoms with van der Waals surface area (Å²) in [6.45, 7) is 3.15. The lowest BCUT2D eigenvalue weighted by Crippen LogP contribution is -2.33. The van der Waals surface area contributed by atoms with Gasteiger partial charge >= 0.3 is 6.09 Å². The van der Waals surface area contributed by atoms with Crippen LogP contribution in [0.15, 0.2) is 42.5 Å². The molecule has 1 aliphatic rings. The Hall–Kier alpha value is -4.35. The number of halogens is 1. The minimum absolute atomic E-state index is 0.188. The summed E-state index contributed by atoms with van der Waals surface area (Å²) in [7, 11) is 0. The van der Waals surface area contributed by atoms with Crippen molar-refractivity contribution in [2.75, 3.05) is 18.0 Å². The standard InChI is InChI=1S/C22H22FN7O4/c1-12(31)24-10-17-11-30(22(33)34-17)16-7-8-18(19(23)9-16)14-3-5-15(6-4-14)20(25-13(2)32)21-26-28-29-27-21/h3-9,17,20H,10-11H2,1-2H3,(H,24,31)(H,25,32)(H,26,27,28,29)/t17-,20?/m0/s1. The molecule has 3 amide bonds. The van der Waals surface area contributed by atoms with E-state index < -0.39 is 24.1 Å². The van der Waals surface area contributed by atoms with Crippen molar-refractivity contribution in [1.82, 2.24) is 31.3 Å². The summed E-state index contributed by atoms with van der Waals surface area (Å²) in [5.41, 5.74) is 2.00. The van der Waals surface area contributed by atoms with Crippen LogP contribution in [0.5, 0.6) is 0 Å². The first kappa shape index (κ1) is 22.8. The van der Waals surface area contributed by atoms with Crippen LogP contribution >= 0.6 is 0 Å². The number of amides is 3. The number of nitrogens with zero attached hydrogens (tertiary/aromatic N) is 4. The van der Waals surface area contributed by atoms with Gasteiger partial charge in [-0.3, -0.25) is 14.5 Å². The van der Waals surface area contributed by atoms with E-state index in [9.17, 15) is 18.8 Å². The van der Waals surface area contributed by atoms with Gasteiger partial charge < -0.3 is 15.4 Å². The van der Waals surface area contributed by atoms with Crippen molar-refractivity contribution in [3.8, 4) is 11.1 Å². The molecule has 0 radical (unpaired) electrons. The summed E-state index contributed by atoms with van der Waals surface area (Å²) < 4.78 is 20.2. The third-order valence-electron chi connectivity index (χ3n) is 5.24. The van der Waals surface area contributed by atoms with Crippen molar-refractivity contribution in [2.45, 2.75) is 26.0 Å². The van der Waals surface area contributed by atoms with Gasteiger partial charge in [0.15, 0.2) is 0 Å². The molecule has 1 fully saturated rings. The fourth-order valence-corrected chi connectivity index (χ4v) is 3.65. The minimum Gasteiger partial charge on any atom is -0.442 e. The van der Waals surface area contributed by atoms with E-state index in [0.29, 0.717) is 28.2 Å². The Morgan fingerprint density at radius 3 is 2.59 bits per heavy atom. The smallest absolute Gasteiger partial charge is 0.414 e. The van der Waals surface area contributed by atoms with Gasteiger partial charge in [-0.05, 0) is 29.3 Å². The molecule has 2 aromatic carbocycles. The van der Waals surface area contributed by atoms with Gasteiger partial charge in [0.1, 0.15) is 18.0 Å². The van der Waals surface area contributed by atoms with Crippen LogP contribution in [0.1, 0.15) is 31.3 Å². The minimum atomic E-state index is -0.607. The molecule has 3 N–H and O–H groups in total. The number of ether oxygens (including phenoxy) is 1. The Morgan fingerprint density at radius 2 is 1.97 bits per heavy atom. The summed E-state index contributed by atoms with van der Waals surface area (Å²) in [6.07, 6.45) is -1.11. The largest absolute Gasteiger partial charge is 0.442 e. The van der Waals surface area contributed by atoms with E-state index in [4.69, 9.17) is 4.74 Å². The van der Waals surface area contributed by atoms with Crippen LogP contribution in [-0.2, 0) is 14.3 Å². The van der Waals surface area contributed by atoms with E-state index in [-0.39, 0.29) is 24.9 Å². The highest BCUT2D eigenvalue weighted by Crippen LogP contribution is 2.30. The second kappa shape index (κ2) is 9.65. The second-order valence-electron chi connectivity index (χ2n) is 7.74. The highest BCUT2D eigenvalue weighted by molar-refractivity contribution is 5.90. The Bertz CT molecular complexity index is 1200. The van der Waals surface area contributed by atoms with Gasteiger partial charge in [0.25, 0.3) is 0 Å². The molecule has 12 heteroatoms. The fraction of sp³-hybridized carbons (Fsp3) is 0.273. The van der Waals surface area contributed by atoms with E-state index in [1.807, 2.05) is 0 Å². The zero-order valence-electron chi connectivity index (χ0n) is 18.4. The molecule has 176 valence electrons. The van der Waals surface area contributed by atoms with E-state index in [0.717, 1.165) is 0 Å². The quantitative estimate of drug-likeness (QED) is 0.480. The second-order valence-corrected chi connectivity index (χ2v) is 7.74. The van der Waals surface area contributed by atoms with Crippen molar-refractivity contribution in [3.63, 3.8) is 0 Å². The molecular formula is C22H22FN7O4. The number of rotatable bonds is 7. The summed E-state index contributed by atoms with van der Waals surface area (Å²) in [6, 6.07) is 10.8. The molecule has 0 saturated carbocycles. The highest BCUT2D eigenvalue weighted by Gasteiger charge is 2.32. The number of anilines is 1. The van der Waals surface area contributed by atoms with E-state index >= 15 is 0 Å². The van der Waals surface area contributed by atoms with Crippen molar-refractivity contribution in [1.29, 1.82) is 0 Å². The fourth-order valence-electron chi connectivity index (χ4n) is 3.65. The number of tetrazole rings is 1. The van der Waals surface area contributed by atoms with Gasteiger partial charge in [-0.15, -0.1) is 10.2 Å². The van der Waals surface area contributed by atoms with Gasteiger partial charge in [0.05, 0.1) is 18.8 Å². The van der Waals surface area contributed by atoms with Crippen LogP contribution in [0.2, 0.25) is 0 Å². The number of H-pyrrole nitrogens is 1. The molecule has 0 aliphatic carbocycles. The van der Waals surface area contributed by atoms with Gasteiger partial charge in [-0.25, -0.2) is 9.18 Å². The van der Waals surface area contributed by atoms with Crippen LogP contribution < -0.4 is 15.5 Å². The number of carbonyl (C=O) groups excluding carboxylic acids is 3. The van der Waals surface area contributed by atoms with Crippen molar-refractivity contribution in [3.05, 3.63) is 59.7 Å². The van der Waals surface area contributed by atoms with Gasteiger partial charge in [0, 0.05) is 19.4 Å². The summed E-state index contributed by atoms with van der Waals surface area (Å²) in [5, 5.41) is 19.1. The normalized spacial score (nSPS) is 16.1. The van der Waals surface area contributed by atoms with Crippen LogP contribution in [-0.4, -0.2) is 57.7 Å². The first-order chi connectivity index (χ1) is 16.3. The lowest BCUT2D eigenvalue weighted by atomic mass is 9.99. The zero-order chi connectivity index (χ0) is 24.2. The van der Waals surface area contributed by atoms with Crippen molar-refractivity contribution in [2.24, 2.45) is 0 Å². The predicted octanol–water partition coefficient (Wildman–Crippen LogP) is 1.69. The number of hydrogen-bond acceptors (Lipinski definition) is 7. The Balaban J connectivity index is 1.51. The molecule has 1 aromatic heterocycles. The first-order valence-corrected chi connectivity index (χ1v) is 10.4. The Kier molecular flexibility index (Phi) is 6.48. The third-order valence-corrected chi connectivity index (χ3v) is 5.24. The maximum atomic E-state index is 15.0. The number of nitrogens with one attached hydrogen (secondary N) is 3. The lowest BCUT2D eigenvalue weighted by Gasteiger charge is -2.16. The highest BCUT2D eigenvalue weighted by atomic mass is 19.1. The topological polar surface area (TPSA) is 142 Å². The van der Waals surface area contributed by atoms with E-state index in [1.54, 1.807) is 36.4 Å². The molecule has 34 heavy (non-hydrogen) atoms. The van der Waals surface area contributed by atoms with Gasteiger partial charge in [-0.2, -0.15) is 5.21 Å². The molecule has 11 nitrogen and oxygen atoms in total. The van der Waals surface area contributed by atoms with Crippen molar-refractivity contribution < 1.29 is 23.5 Å². The average molecular weight is 467 g/mol. The predicted molar refractivity (Wildman–Crippen MR) is 118 cm³/mol. The van der Waals surface area contributed by atoms with Gasteiger partial charge in [-0.1, -0.05) is 29.5 Å². The maximum absolute atomic E-state index is 15.0. The maximum Gasteiger partial charge on any atom is 0.414 e. The van der Waals surface area contributed by atoms with Crippen LogP contribution in [0.3, 0.4) is 0 Å². The molecule has 2 heterocycles. The van der Waals surface area contributed by atoms with Crippen LogP contribution in [0.25, 0.3) is 11.1 Å². The zero-order valence-corrected chi connectivity index (χ0v) is 18.4. The number of hydrogen-bond donors (Lipinski definition) is 3. The average Bonchev–Trinajstić information content (AvgIpc) is 3.46. The van der Waals surface area contributed by atoms with E-state index in [2.05, 4.69) is 31.3 Å². The molecule has 0 spiro atoms. The molecule has 1 unspecified atom stereocenters. The van der Waals surface area contributed by atoms with Crippen LogP contribution in [0, 0.1) is 5.82 Å². The Morgan fingerprint density at radius 1 is 1.21 bits per heavy atom. The van der Waals surface area contributed by atoms with Crippen LogP contribution in [0.4, 0.5) is 14.9 Å². The monoisotopic (exact) mass is 467 g/mol. The van der Waals surface area contributed by atoms with Gasteiger partial charge in [0.2, 0.25) is 17.6 Å². The molecule has 2 atom stereocenters. The number of aromatic nitrogens is 4. The SMILES string of the molecule is CC(=O)NC[C@H]1CN(c2ccc(-c3ccc(C(NC(C)=O)c4nn[nH]n4)cc3)c(F)c2)C(=O)O1. The molecule has 3 aromatic rings. The Labute approximate surface area is 193 Å². The van der Waals surface area contributed by atoms with E-state index in [1.165, 1.54) is 24.8 Å². The summed E-state index contributed by atoms with van der Waals surface area (Å²) in [5.74, 6) is -0.704. The lowest BCUT2D eigenvalue weighted by molar-refractivity contribution is -0.120. The molecule has 0 bridgehead atoms. The first-order valence-electron chi connectivity index (χ1n) is 10.4. The number of carbonyl (C=O) groups is 3.